The summed E-state index contributed by atoms with van der Waals surface area (Å²) in [5, 5.41) is 0. The Hall–Kier alpha value is -0.610. The summed E-state index contributed by atoms with van der Waals surface area (Å²) in [6, 6.07) is 0. The molecule has 4 nitrogen and oxygen atoms in total. The summed E-state index contributed by atoms with van der Waals surface area (Å²) < 4.78 is 0. The SMILES string of the molecule is CN(CC(=O)N1CCCCC1)C1(CN)CCCC1. The molecule has 1 amide bonds. The van der Waals surface area contributed by atoms with Gasteiger partial charge in [-0.05, 0) is 39.2 Å². The van der Waals surface area contributed by atoms with Crippen molar-refractivity contribution in [2.75, 3.05) is 33.2 Å². The van der Waals surface area contributed by atoms with Gasteiger partial charge in [0.1, 0.15) is 0 Å². The Labute approximate surface area is 110 Å². The number of amides is 1. The first-order valence-corrected chi connectivity index (χ1v) is 7.37. The lowest BCUT2D eigenvalue weighted by atomic mass is 9.95. The highest BCUT2D eigenvalue weighted by molar-refractivity contribution is 5.78. The molecular formula is C14H27N3O. The summed E-state index contributed by atoms with van der Waals surface area (Å²) in [6.07, 6.45) is 8.39. The zero-order valence-electron chi connectivity index (χ0n) is 11.7. The molecule has 4 heteroatoms. The quantitative estimate of drug-likeness (QED) is 0.819. The first-order valence-electron chi connectivity index (χ1n) is 7.37. The van der Waals surface area contributed by atoms with Crippen molar-refractivity contribution < 1.29 is 4.79 Å². The first-order chi connectivity index (χ1) is 8.68. The van der Waals surface area contributed by atoms with E-state index < -0.39 is 0 Å². The van der Waals surface area contributed by atoms with Gasteiger partial charge in [-0.15, -0.1) is 0 Å². The highest BCUT2D eigenvalue weighted by Gasteiger charge is 2.37. The van der Waals surface area contributed by atoms with Gasteiger partial charge in [0.15, 0.2) is 0 Å². The molecule has 18 heavy (non-hydrogen) atoms. The van der Waals surface area contributed by atoms with Crippen molar-refractivity contribution in [3.8, 4) is 0 Å². The minimum absolute atomic E-state index is 0.0887. The molecule has 1 saturated carbocycles. The van der Waals surface area contributed by atoms with Crippen LogP contribution < -0.4 is 5.73 Å². The lowest BCUT2D eigenvalue weighted by molar-refractivity contribution is -0.134. The molecule has 1 heterocycles. The number of nitrogens with zero attached hydrogens (tertiary/aromatic N) is 2. The molecule has 0 aromatic heterocycles. The second-order valence-electron chi connectivity index (χ2n) is 5.93. The molecule has 2 rings (SSSR count). The Morgan fingerprint density at radius 2 is 1.78 bits per heavy atom. The number of likely N-dealkylation sites (tertiary alicyclic amines) is 1. The first kappa shape index (κ1) is 13.8. The van der Waals surface area contributed by atoms with Crippen LogP contribution in [0.1, 0.15) is 44.9 Å². The third-order valence-corrected chi connectivity index (χ3v) is 4.81. The van der Waals surface area contributed by atoms with Crippen molar-refractivity contribution in [3.63, 3.8) is 0 Å². The fourth-order valence-corrected chi connectivity index (χ4v) is 3.39. The third kappa shape index (κ3) is 2.86. The maximum atomic E-state index is 12.3. The van der Waals surface area contributed by atoms with Gasteiger partial charge < -0.3 is 10.6 Å². The molecule has 1 aliphatic heterocycles. The molecule has 0 spiro atoms. The predicted molar refractivity (Wildman–Crippen MR) is 73.3 cm³/mol. The molecule has 2 aliphatic rings. The maximum Gasteiger partial charge on any atom is 0.236 e. The zero-order chi connectivity index (χ0) is 13.0. The zero-order valence-corrected chi connectivity index (χ0v) is 11.7. The number of hydrogen-bond donors (Lipinski definition) is 1. The maximum absolute atomic E-state index is 12.3. The minimum atomic E-state index is 0.0887. The van der Waals surface area contributed by atoms with Crippen LogP contribution in [-0.2, 0) is 4.79 Å². The van der Waals surface area contributed by atoms with Crippen molar-refractivity contribution in [1.29, 1.82) is 0 Å². The molecule has 1 saturated heterocycles. The molecule has 0 unspecified atom stereocenters. The van der Waals surface area contributed by atoms with Crippen LogP contribution in [0.25, 0.3) is 0 Å². The van der Waals surface area contributed by atoms with E-state index >= 15 is 0 Å². The molecule has 0 aromatic carbocycles. The average molecular weight is 253 g/mol. The minimum Gasteiger partial charge on any atom is -0.342 e. The molecule has 2 fully saturated rings. The van der Waals surface area contributed by atoms with E-state index in [1.807, 2.05) is 4.90 Å². The topological polar surface area (TPSA) is 49.6 Å². The fraction of sp³-hybridized carbons (Fsp3) is 0.929. The van der Waals surface area contributed by atoms with Gasteiger partial charge in [0.25, 0.3) is 0 Å². The van der Waals surface area contributed by atoms with Crippen LogP contribution in [-0.4, -0.2) is 54.5 Å². The second kappa shape index (κ2) is 6.02. The van der Waals surface area contributed by atoms with Gasteiger partial charge in [0.2, 0.25) is 5.91 Å². The molecule has 1 aliphatic carbocycles. The van der Waals surface area contributed by atoms with Crippen molar-refractivity contribution >= 4 is 5.91 Å². The van der Waals surface area contributed by atoms with E-state index in [9.17, 15) is 4.79 Å². The Morgan fingerprint density at radius 3 is 2.33 bits per heavy atom. The van der Waals surface area contributed by atoms with Crippen molar-refractivity contribution in [2.45, 2.75) is 50.5 Å². The summed E-state index contributed by atoms with van der Waals surface area (Å²) in [6.45, 7) is 3.11. The van der Waals surface area contributed by atoms with Gasteiger partial charge in [0.05, 0.1) is 6.54 Å². The largest absolute Gasteiger partial charge is 0.342 e. The monoisotopic (exact) mass is 253 g/mol. The van der Waals surface area contributed by atoms with E-state index in [-0.39, 0.29) is 11.4 Å². The van der Waals surface area contributed by atoms with Gasteiger partial charge >= 0.3 is 0 Å². The Balaban J connectivity index is 1.89. The van der Waals surface area contributed by atoms with Crippen LogP contribution in [0.4, 0.5) is 0 Å². The second-order valence-corrected chi connectivity index (χ2v) is 5.93. The van der Waals surface area contributed by atoms with Crippen LogP contribution in [0.15, 0.2) is 0 Å². The van der Waals surface area contributed by atoms with E-state index in [1.165, 1.54) is 19.3 Å². The molecule has 0 atom stereocenters. The summed E-state index contributed by atoms with van der Waals surface area (Å²) in [5.41, 5.74) is 6.05. The molecular weight excluding hydrogens is 226 g/mol. The lowest BCUT2D eigenvalue weighted by Gasteiger charge is -2.39. The number of piperidine rings is 1. The highest BCUT2D eigenvalue weighted by atomic mass is 16.2. The number of carbonyl (C=O) groups excluding carboxylic acids is 1. The van der Waals surface area contributed by atoms with Crippen LogP contribution in [0.2, 0.25) is 0 Å². The van der Waals surface area contributed by atoms with E-state index in [4.69, 9.17) is 5.73 Å². The summed E-state index contributed by atoms with van der Waals surface area (Å²) >= 11 is 0. The van der Waals surface area contributed by atoms with E-state index in [0.717, 1.165) is 38.8 Å². The summed E-state index contributed by atoms with van der Waals surface area (Å²) in [5.74, 6) is 0.289. The van der Waals surface area contributed by atoms with Gasteiger partial charge in [-0.1, -0.05) is 12.8 Å². The normalized spacial score (nSPS) is 23.6. The van der Waals surface area contributed by atoms with Gasteiger partial charge in [-0.3, -0.25) is 9.69 Å². The number of rotatable bonds is 4. The molecule has 104 valence electrons. The van der Waals surface area contributed by atoms with Crippen LogP contribution in [0.5, 0.6) is 0 Å². The van der Waals surface area contributed by atoms with Crippen molar-refractivity contribution in [1.82, 2.24) is 9.80 Å². The van der Waals surface area contributed by atoms with Gasteiger partial charge in [0, 0.05) is 25.2 Å². The van der Waals surface area contributed by atoms with E-state index in [2.05, 4.69) is 11.9 Å². The highest BCUT2D eigenvalue weighted by Crippen LogP contribution is 2.33. The Kier molecular flexibility index (Phi) is 4.62. The summed E-state index contributed by atoms with van der Waals surface area (Å²) in [7, 11) is 2.07. The standard InChI is InChI=1S/C14H27N3O/c1-16(14(12-15)7-3-4-8-14)11-13(18)17-9-5-2-6-10-17/h2-12,15H2,1H3. The summed E-state index contributed by atoms with van der Waals surface area (Å²) in [4.78, 5) is 16.5. The van der Waals surface area contributed by atoms with Gasteiger partial charge in [-0.2, -0.15) is 0 Å². The van der Waals surface area contributed by atoms with Crippen LogP contribution in [0.3, 0.4) is 0 Å². The van der Waals surface area contributed by atoms with Crippen molar-refractivity contribution in [3.05, 3.63) is 0 Å². The van der Waals surface area contributed by atoms with E-state index in [0.29, 0.717) is 13.1 Å². The van der Waals surface area contributed by atoms with Crippen LogP contribution in [0, 0.1) is 0 Å². The Morgan fingerprint density at radius 1 is 1.17 bits per heavy atom. The number of nitrogens with two attached hydrogens (primary N) is 1. The van der Waals surface area contributed by atoms with Crippen molar-refractivity contribution in [2.24, 2.45) is 5.73 Å². The number of carbonyl (C=O) groups is 1. The average Bonchev–Trinajstić information content (AvgIpc) is 2.89. The number of hydrogen-bond acceptors (Lipinski definition) is 3. The smallest absolute Gasteiger partial charge is 0.236 e. The third-order valence-electron chi connectivity index (χ3n) is 4.81. The Bertz CT molecular complexity index is 281. The predicted octanol–water partition coefficient (Wildman–Crippen LogP) is 1.20. The molecule has 0 bridgehead atoms. The van der Waals surface area contributed by atoms with Gasteiger partial charge in [-0.25, -0.2) is 0 Å². The number of likely N-dealkylation sites (N-methyl/N-ethyl adjacent to an activating group) is 1. The fourth-order valence-electron chi connectivity index (χ4n) is 3.39. The lowest BCUT2D eigenvalue weighted by Crippen LogP contribution is -2.54. The van der Waals surface area contributed by atoms with Crippen LogP contribution >= 0.6 is 0 Å². The molecule has 2 N–H and O–H groups in total. The van der Waals surface area contributed by atoms with E-state index in [1.54, 1.807) is 0 Å². The molecule has 0 aromatic rings. The molecule has 0 radical (unpaired) electrons.